The monoisotopic (exact) mass is 334 g/mol. The van der Waals surface area contributed by atoms with E-state index in [0.717, 1.165) is 5.56 Å². The Balaban J connectivity index is 0.00000324. The van der Waals surface area contributed by atoms with E-state index < -0.39 is 5.97 Å². The van der Waals surface area contributed by atoms with Crippen molar-refractivity contribution < 1.29 is 73.2 Å². The Morgan fingerprint density at radius 1 is 1.05 bits per heavy atom. The number of benzene rings is 1. The third-order valence-corrected chi connectivity index (χ3v) is 2.99. The first-order chi connectivity index (χ1) is 7.94. The molecule has 0 aliphatic carbocycles. The van der Waals surface area contributed by atoms with Gasteiger partial charge >= 0.3 is 64.2 Å². The summed E-state index contributed by atoms with van der Waals surface area (Å²) in [5.74, 6) is -1.53. The Kier molecular flexibility index (Phi) is 6.48. The molecule has 0 spiro atoms. The molecule has 1 aromatic rings. The molecule has 0 atom stereocenters. The molecule has 0 aliphatic heterocycles. The van der Waals surface area contributed by atoms with E-state index in [1.54, 1.807) is 0 Å². The summed E-state index contributed by atoms with van der Waals surface area (Å²) in [7, 11) is 0. The minimum atomic E-state index is -1.16. The summed E-state index contributed by atoms with van der Waals surface area (Å²) in [4.78, 5) is 11.2. The zero-order valence-electron chi connectivity index (χ0n) is 12.9. The molecule has 0 fully saturated rings. The average molecular weight is 335 g/mol. The molecule has 0 saturated heterocycles. The SMILES string of the molecule is CC(C)(C)c1cc(C(=O)O)c([O-])c(C(C)(C)C)c1.[Rb+]. The number of hydrogen-bond donors (Lipinski definition) is 1. The molecule has 100 valence electrons. The van der Waals surface area contributed by atoms with Gasteiger partial charge in [-0.1, -0.05) is 53.4 Å². The predicted octanol–water partition coefficient (Wildman–Crippen LogP) is 0.0574. The summed E-state index contributed by atoms with van der Waals surface area (Å²) in [5, 5.41) is 21.3. The van der Waals surface area contributed by atoms with E-state index in [0.29, 0.717) is 5.56 Å². The van der Waals surface area contributed by atoms with Crippen LogP contribution in [0, 0.1) is 0 Å². The van der Waals surface area contributed by atoms with Gasteiger partial charge in [0.15, 0.2) is 0 Å². The third kappa shape index (κ3) is 4.66. The second-order valence-corrected chi connectivity index (χ2v) is 6.71. The van der Waals surface area contributed by atoms with Crippen molar-refractivity contribution >= 4 is 5.97 Å². The maximum absolute atomic E-state index is 12.2. The van der Waals surface area contributed by atoms with Crippen molar-refractivity contribution in [2.24, 2.45) is 0 Å². The fourth-order valence-corrected chi connectivity index (χ4v) is 1.78. The number of carboxylic acid groups (broad SMARTS) is 1. The van der Waals surface area contributed by atoms with E-state index in [-0.39, 0.29) is 80.3 Å². The van der Waals surface area contributed by atoms with Crippen LogP contribution in [0.1, 0.15) is 63.0 Å². The summed E-state index contributed by atoms with van der Waals surface area (Å²) in [6.45, 7) is 11.8. The second-order valence-electron chi connectivity index (χ2n) is 6.71. The maximum Gasteiger partial charge on any atom is 1.00 e. The molecule has 1 N–H and O–H groups in total. The topological polar surface area (TPSA) is 60.4 Å². The van der Waals surface area contributed by atoms with Gasteiger partial charge in [0, 0.05) is 0 Å². The molecule has 19 heavy (non-hydrogen) atoms. The summed E-state index contributed by atoms with van der Waals surface area (Å²) < 4.78 is 0. The van der Waals surface area contributed by atoms with E-state index in [1.807, 2.05) is 47.6 Å². The molecule has 3 nitrogen and oxygen atoms in total. The molecule has 1 rings (SSSR count). The smallest absolute Gasteiger partial charge is 0.872 e. The molecule has 4 heteroatoms. The molecular formula is C15H21O3Rb. The van der Waals surface area contributed by atoms with Crippen molar-refractivity contribution in [3.05, 3.63) is 28.8 Å². The maximum atomic E-state index is 12.2. The molecule has 0 aromatic heterocycles. The van der Waals surface area contributed by atoms with E-state index in [1.165, 1.54) is 6.07 Å². The third-order valence-electron chi connectivity index (χ3n) is 2.99. The summed E-state index contributed by atoms with van der Waals surface area (Å²) in [6.07, 6.45) is 0. The van der Waals surface area contributed by atoms with Crippen molar-refractivity contribution in [1.82, 2.24) is 0 Å². The van der Waals surface area contributed by atoms with E-state index >= 15 is 0 Å². The van der Waals surface area contributed by atoms with Gasteiger partial charge in [0.05, 0.1) is 5.56 Å². The van der Waals surface area contributed by atoms with Gasteiger partial charge < -0.3 is 10.2 Å². The Hall–Kier alpha value is 0.295. The molecule has 0 saturated carbocycles. The van der Waals surface area contributed by atoms with Crippen LogP contribution in [0.15, 0.2) is 12.1 Å². The number of aromatic carboxylic acids is 1. The van der Waals surface area contributed by atoms with Crippen LogP contribution in [-0.2, 0) is 10.8 Å². The molecule has 0 amide bonds. The standard InChI is InChI=1S/C15H22O3.Rb/c1-14(2,3)9-7-10(13(17)18)12(16)11(8-9)15(4,5)6;/h7-8,16H,1-6H3,(H,17,18);/q;+1/p-1. The first kappa shape index (κ1) is 19.3. The minimum Gasteiger partial charge on any atom is -0.872 e. The minimum absolute atomic E-state index is 0. The van der Waals surface area contributed by atoms with Gasteiger partial charge in [-0.15, -0.1) is 0 Å². The Morgan fingerprint density at radius 2 is 1.53 bits per heavy atom. The van der Waals surface area contributed by atoms with E-state index in [2.05, 4.69) is 0 Å². The van der Waals surface area contributed by atoms with Gasteiger partial charge in [0.1, 0.15) is 0 Å². The van der Waals surface area contributed by atoms with Crippen molar-refractivity contribution in [2.45, 2.75) is 52.4 Å². The Morgan fingerprint density at radius 3 is 1.84 bits per heavy atom. The number of carboxylic acids is 1. The van der Waals surface area contributed by atoms with Gasteiger partial charge in [-0.3, -0.25) is 0 Å². The molecule has 0 bridgehead atoms. The Bertz CT molecular complexity index is 479. The zero-order valence-corrected chi connectivity index (χ0v) is 17.8. The number of hydrogen-bond acceptors (Lipinski definition) is 2. The fourth-order valence-electron chi connectivity index (χ4n) is 1.78. The zero-order chi connectivity index (χ0) is 14.3. The van der Waals surface area contributed by atoms with E-state index in [4.69, 9.17) is 5.11 Å². The molecule has 0 heterocycles. The molecule has 0 unspecified atom stereocenters. The normalized spacial score (nSPS) is 11.9. The first-order valence-electron chi connectivity index (χ1n) is 6.04. The van der Waals surface area contributed by atoms with Crippen LogP contribution in [-0.4, -0.2) is 11.1 Å². The van der Waals surface area contributed by atoms with Crippen LogP contribution in [0.4, 0.5) is 0 Å². The Labute approximate surface area is 164 Å². The molecule has 0 aliphatic rings. The van der Waals surface area contributed by atoms with Crippen molar-refractivity contribution in [1.29, 1.82) is 0 Å². The molecular weight excluding hydrogens is 314 g/mol. The number of carbonyl (C=O) groups is 1. The van der Waals surface area contributed by atoms with Gasteiger partial charge in [-0.2, -0.15) is 0 Å². The first-order valence-corrected chi connectivity index (χ1v) is 6.04. The van der Waals surface area contributed by atoms with Crippen molar-refractivity contribution in [3.8, 4) is 5.75 Å². The van der Waals surface area contributed by atoms with Crippen LogP contribution in [0.5, 0.6) is 5.75 Å². The quantitative estimate of drug-likeness (QED) is 0.790. The van der Waals surface area contributed by atoms with Crippen molar-refractivity contribution in [3.63, 3.8) is 0 Å². The summed E-state index contributed by atoms with van der Waals surface area (Å²) in [5.41, 5.74) is 0.768. The van der Waals surface area contributed by atoms with Crippen LogP contribution < -0.4 is 63.3 Å². The number of rotatable bonds is 1. The predicted molar refractivity (Wildman–Crippen MR) is 70.2 cm³/mol. The van der Waals surface area contributed by atoms with Crippen LogP contribution in [0.2, 0.25) is 0 Å². The van der Waals surface area contributed by atoms with Gasteiger partial charge in [0.2, 0.25) is 0 Å². The van der Waals surface area contributed by atoms with Gasteiger partial charge in [0.25, 0.3) is 0 Å². The van der Waals surface area contributed by atoms with Crippen LogP contribution in [0.25, 0.3) is 0 Å². The molecule has 0 radical (unpaired) electrons. The van der Waals surface area contributed by atoms with Crippen LogP contribution in [0.3, 0.4) is 0 Å². The average Bonchev–Trinajstić information content (AvgIpc) is 2.13. The van der Waals surface area contributed by atoms with Crippen LogP contribution >= 0.6 is 0 Å². The summed E-state index contributed by atoms with van der Waals surface area (Å²) in [6, 6.07) is 3.34. The van der Waals surface area contributed by atoms with E-state index in [9.17, 15) is 9.90 Å². The van der Waals surface area contributed by atoms with Gasteiger partial charge in [-0.05, 0) is 28.0 Å². The largest absolute Gasteiger partial charge is 1.00 e. The molecule has 1 aromatic carbocycles. The fraction of sp³-hybridized carbons (Fsp3) is 0.533. The van der Waals surface area contributed by atoms with Crippen molar-refractivity contribution in [2.75, 3.05) is 0 Å². The summed E-state index contributed by atoms with van der Waals surface area (Å²) >= 11 is 0. The second kappa shape index (κ2) is 6.38. The van der Waals surface area contributed by atoms with Gasteiger partial charge in [-0.25, -0.2) is 4.79 Å².